The van der Waals surface area contributed by atoms with Crippen molar-refractivity contribution in [3.05, 3.63) is 71.5 Å². The van der Waals surface area contributed by atoms with Crippen LogP contribution in [0.2, 0.25) is 0 Å². The second kappa shape index (κ2) is 6.49. The van der Waals surface area contributed by atoms with E-state index in [1.54, 1.807) is 0 Å². The Morgan fingerprint density at radius 1 is 1.14 bits per heavy atom. The van der Waals surface area contributed by atoms with E-state index in [1.807, 2.05) is 54.3 Å². The molecule has 5 rings (SSSR count). The molecule has 1 aromatic heterocycles. The summed E-state index contributed by atoms with van der Waals surface area (Å²) in [4.78, 5) is 15.5. The number of aliphatic hydroxyl groups is 1. The summed E-state index contributed by atoms with van der Waals surface area (Å²) < 4.78 is 5.96. The Kier molecular flexibility index (Phi) is 4.06. The molecule has 0 spiro atoms. The fraction of sp³-hybridized carbons (Fsp3) is 0.375. The maximum atomic E-state index is 13.5. The lowest BCUT2D eigenvalue weighted by atomic mass is 9.70. The molecule has 2 saturated heterocycles. The van der Waals surface area contributed by atoms with Gasteiger partial charge in [-0.05, 0) is 44.2 Å². The molecule has 0 saturated carbocycles. The first-order valence-corrected chi connectivity index (χ1v) is 10.1. The molecule has 2 aliphatic rings. The first-order chi connectivity index (χ1) is 13.6. The van der Waals surface area contributed by atoms with Crippen LogP contribution in [-0.2, 0) is 6.42 Å². The number of furan rings is 1. The van der Waals surface area contributed by atoms with Gasteiger partial charge < -0.3 is 14.4 Å². The number of carbonyl (C=O) groups excluding carboxylic acids is 1. The first kappa shape index (κ1) is 17.5. The number of rotatable bonds is 4. The number of hydrogen-bond acceptors (Lipinski definition) is 3. The number of carbonyl (C=O) groups is 1. The number of nitrogens with zero attached hydrogens (tertiary/aromatic N) is 1. The van der Waals surface area contributed by atoms with Crippen molar-refractivity contribution in [2.75, 3.05) is 6.61 Å². The summed E-state index contributed by atoms with van der Waals surface area (Å²) in [5.74, 6) is 0.427. The number of fused-ring (bicyclic) bond motifs is 3. The molecule has 3 atom stereocenters. The van der Waals surface area contributed by atoms with E-state index in [-0.39, 0.29) is 30.0 Å². The molecular formula is C24H25NO3. The summed E-state index contributed by atoms with van der Waals surface area (Å²) >= 11 is 0. The van der Waals surface area contributed by atoms with Crippen LogP contribution in [0.25, 0.3) is 11.0 Å². The number of benzene rings is 2. The Morgan fingerprint density at radius 2 is 1.89 bits per heavy atom. The standard InChI is InChI=1S/C24H25NO3/c1-16-19-9-5-6-10-20(19)28-22(16)23(27)25-18-11-12-21(25)24(14-18,15-26)13-17-7-3-2-4-8-17/h2-10,18,21,26H,11-15H2,1H3/t18-,21+,24-/m1/s1. The number of para-hydroxylation sites is 1. The minimum Gasteiger partial charge on any atom is -0.451 e. The molecule has 3 heterocycles. The van der Waals surface area contributed by atoms with Crippen molar-refractivity contribution in [3.8, 4) is 0 Å². The van der Waals surface area contributed by atoms with Crippen LogP contribution in [0.15, 0.2) is 59.0 Å². The zero-order chi connectivity index (χ0) is 19.3. The summed E-state index contributed by atoms with van der Waals surface area (Å²) in [7, 11) is 0. The fourth-order valence-electron chi connectivity index (χ4n) is 5.51. The van der Waals surface area contributed by atoms with Crippen LogP contribution in [0.1, 0.15) is 40.9 Å². The monoisotopic (exact) mass is 375 g/mol. The van der Waals surface area contributed by atoms with Gasteiger partial charge in [0.2, 0.25) is 0 Å². The summed E-state index contributed by atoms with van der Waals surface area (Å²) in [5.41, 5.74) is 2.62. The smallest absolute Gasteiger partial charge is 0.290 e. The molecule has 4 heteroatoms. The van der Waals surface area contributed by atoms with Gasteiger partial charge in [-0.1, -0.05) is 48.5 Å². The highest BCUT2D eigenvalue weighted by Crippen LogP contribution is 2.52. The number of aliphatic hydroxyl groups excluding tert-OH is 1. The topological polar surface area (TPSA) is 53.7 Å². The van der Waals surface area contributed by atoms with Gasteiger partial charge in [-0.2, -0.15) is 0 Å². The average molecular weight is 375 g/mol. The van der Waals surface area contributed by atoms with Gasteiger partial charge in [-0.3, -0.25) is 4.79 Å². The predicted octanol–water partition coefficient (Wildman–Crippen LogP) is 4.34. The molecule has 4 nitrogen and oxygen atoms in total. The Morgan fingerprint density at radius 3 is 2.64 bits per heavy atom. The van der Waals surface area contributed by atoms with Gasteiger partial charge in [-0.25, -0.2) is 0 Å². The molecule has 2 aliphatic heterocycles. The lowest BCUT2D eigenvalue weighted by Gasteiger charge is -2.36. The second-order valence-electron chi connectivity index (χ2n) is 8.40. The summed E-state index contributed by atoms with van der Waals surface area (Å²) in [6.45, 7) is 2.06. The molecule has 2 bridgehead atoms. The van der Waals surface area contributed by atoms with E-state index in [9.17, 15) is 9.90 Å². The van der Waals surface area contributed by atoms with Crippen LogP contribution in [0, 0.1) is 12.3 Å². The van der Waals surface area contributed by atoms with E-state index >= 15 is 0 Å². The third-order valence-corrected chi connectivity index (χ3v) is 6.84. The molecule has 1 N–H and O–H groups in total. The molecule has 2 aromatic carbocycles. The Hall–Kier alpha value is -2.59. The fourth-order valence-corrected chi connectivity index (χ4v) is 5.51. The average Bonchev–Trinajstić information content (AvgIpc) is 3.38. The Balaban J connectivity index is 1.49. The minimum absolute atomic E-state index is 0.0235. The molecule has 0 radical (unpaired) electrons. The highest BCUT2D eigenvalue weighted by Gasteiger charge is 2.57. The Labute approximate surface area is 164 Å². The molecule has 144 valence electrons. The molecule has 0 unspecified atom stereocenters. The maximum absolute atomic E-state index is 13.5. The lowest BCUT2D eigenvalue weighted by Crippen LogP contribution is -2.44. The van der Waals surface area contributed by atoms with Crippen LogP contribution in [0.4, 0.5) is 0 Å². The van der Waals surface area contributed by atoms with Gasteiger partial charge in [0.15, 0.2) is 5.76 Å². The quantitative estimate of drug-likeness (QED) is 0.738. The third-order valence-electron chi connectivity index (χ3n) is 6.84. The minimum atomic E-state index is -0.264. The van der Waals surface area contributed by atoms with Crippen molar-refractivity contribution in [2.24, 2.45) is 5.41 Å². The lowest BCUT2D eigenvalue weighted by molar-refractivity contribution is 0.0548. The van der Waals surface area contributed by atoms with Crippen molar-refractivity contribution in [1.29, 1.82) is 0 Å². The van der Waals surface area contributed by atoms with Crippen molar-refractivity contribution < 1.29 is 14.3 Å². The molecule has 2 fully saturated rings. The summed E-state index contributed by atoms with van der Waals surface area (Å²) in [6.07, 6.45) is 3.61. The van der Waals surface area contributed by atoms with Crippen LogP contribution in [-0.4, -0.2) is 34.6 Å². The van der Waals surface area contributed by atoms with Gasteiger partial charge >= 0.3 is 0 Å². The van der Waals surface area contributed by atoms with Crippen LogP contribution in [0.3, 0.4) is 0 Å². The van der Waals surface area contributed by atoms with Crippen molar-refractivity contribution in [2.45, 2.75) is 44.7 Å². The van der Waals surface area contributed by atoms with Gasteiger partial charge in [0.05, 0.1) is 6.61 Å². The van der Waals surface area contributed by atoms with Crippen LogP contribution < -0.4 is 0 Å². The molecule has 1 amide bonds. The molecular weight excluding hydrogens is 350 g/mol. The number of hydrogen-bond donors (Lipinski definition) is 1. The van der Waals surface area contributed by atoms with Crippen molar-refractivity contribution in [3.63, 3.8) is 0 Å². The highest BCUT2D eigenvalue weighted by atomic mass is 16.3. The van der Waals surface area contributed by atoms with Gasteiger partial charge in [-0.15, -0.1) is 0 Å². The third kappa shape index (κ3) is 2.51. The van der Waals surface area contributed by atoms with Crippen LogP contribution >= 0.6 is 0 Å². The van der Waals surface area contributed by atoms with E-state index in [2.05, 4.69) is 12.1 Å². The van der Waals surface area contributed by atoms with Gasteiger partial charge in [0.25, 0.3) is 5.91 Å². The van der Waals surface area contributed by atoms with Crippen LogP contribution in [0.5, 0.6) is 0 Å². The van der Waals surface area contributed by atoms with Gasteiger partial charge in [0, 0.05) is 28.4 Å². The van der Waals surface area contributed by atoms with Crippen molar-refractivity contribution in [1.82, 2.24) is 4.90 Å². The van der Waals surface area contributed by atoms with E-state index in [4.69, 9.17) is 4.42 Å². The largest absolute Gasteiger partial charge is 0.451 e. The van der Waals surface area contributed by atoms with Gasteiger partial charge in [0.1, 0.15) is 5.58 Å². The Bertz CT molecular complexity index is 1020. The predicted molar refractivity (Wildman–Crippen MR) is 108 cm³/mol. The summed E-state index contributed by atoms with van der Waals surface area (Å²) in [6, 6.07) is 18.3. The van der Waals surface area contributed by atoms with E-state index < -0.39 is 0 Å². The molecule has 0 aliphatic carbocycles. The molecule has 3 aromatic rings. The van der Waals surface area contributed by atoms with E-state index in [0.717, 1.165) is 42.2 Å². The van der Waals surface area contributed by atoms with E-state index in [0.29, 0.717) is 5.76 Å². The summed E-state index contributed by atoms with van der Waals surface area (Å²) in [5, 5.41) is 11.4. The zero-order valence-electron chi connectivity index (χ0n) is 16.1. The van der Waals surface area contributed by atoms with E-state index in [1.165, 1.54) is 5.56 Å². The number of aryl methyl sites for hydroxylation is 1. The zero-order valence-corrected chi connectivity index (χ0v) is 16.1. The normalized spacial score (nSPS) is 26.3. The number of amides is 1. The maximum Gasteiger partial charge on any atom is 0.290 e. The van der Waals surface area contributed by atoms with Crippen molar-refractivity contribution >= 4 is 16.9 Å². The highest BCUT2D eigenvalue weighted by molar-refractivity contribution is 5.99. The first-order valence-electron chi connectivity index (χ1n) is 10.1. The molecule has 28 heavy (non-hydrogen) atoms. The second-order valence-corrected chi connectivity index (χ2v) is 8.40. The SMILES string of the molecule is Cc1c(C(=O)N2[C@@H]3CC[C@H]2[C@](CO)(Cc2ccccc2)C3)oc2ccccc12.